The molecule has 1 aromatic heterocycles. The van der Waals surface area contributed by atoms with Gasteiger partial charge in [0.05, 0.1) is 17.4 Å². The Labute approximate surface area is 146 Å². The third kappa shape index (κ3) is 5.09. The first-order chi connectivity index (χ1) is 11.3. The number of hydrogen-bond donors (Lipinski definition) is 2. The Balaban J connectivity index is 2.05. The molecule has 0 atom stereocenters. The van der Waals surface area contributed by atoms with Crippen LogP contribution >= 0.6 is 11.6 Å². The van der Waals surface area contributed by atoms with Crippen LogP contribution in [0.1, 0.15) is 36.2 Å². The quantitative estimate of drug-likeness (QED) is 0.842. The summed E-state index contributed by atoms with van der Waals surface area (Å²) in [4.78, 5) is 24.4. The molecule has 0 fully saturated rings. The number of nitrogens with zero attached hydrogens (tertiary/aromatic N) is 2. The predicted molar refractivity (Wildman–Crippen MR) is 94.3 cm³/mol. The molecule has 0 aliphatic rings. The van der Waals surface area contributed by atoms with Gasteiger partial charge in [-0.1, -0.05) is 11.6 Å². The summed E-state index contributed by atoms with van der Waals surface area (Å²) in [5.41, 5.74) is 1.83. The van der Waals surface area contributed by atoms with Gasteiger partial charge in [-0.25, -0.2) is 0 Å². The van der Waals surface area contributed by atoms with Crippen molar-refractivity contribution < 1.29 is 9.59 Å². The lowest BCUT2D eigenvalue weighted by Crippen LogP contribution is -2.31. The number of anilines is 1. The second-order valence-electron chi connectivity index (χ2n) is 5.90. The normalized spacial score (nSPS) is 10.7. The standard InChI is InChI=1S/C17H21ClN4O2/c1-11(2)20-17(24)14-5-4-13(18)8-15(14)21-16(23)6-7-22-10-12(3)9-19-22/h4-5,8-11H,6-7H2,1-3H3,(H,20,24)(H,21,23). The molecule has 0 radical (unpaired) electrons. The van der Waals surface area contributed by atoms with E-state index in [0.717, 1.165) is 5.56 Å². The fourth-order valence-corrected chi connectivity index (χ4v) is 2.35. The SMILES string of the molecule is Cc1cnn(CCC(=O)Nc2cc(Cl)ccc2C(=O)NC(C)C)c1. The maximum Gasteiger partial charge on any atom is 0.253 e. The average molecular weight is 349 g/mol. The third-order valence-electron chi connectivity index (χ3n) is 3.25. The molecule has 128 valence electrons. The fourth-order valence-electron chi connectivity index (χ4n) is 2.18. The zero-order valence-electron chi connectivity index (χ0n) is 14.0. The number of carbonyl (C=O) groups excluding carboxylic acids is 2. The van der Waals surface area contributed by atoms with Crippen molar-refractivity contribution >= 4 is 29.1 Å². The van der Waals surface area contributed by atoms with Crippen molar-refractivity contribution in [3.05, 3.63) is 46.7 Å². The van der Waals surface area contributed by atoms with Crippen LogP contribution in [-0.2, 0) is 11.3 Å². The smallest absolute Gasteiger partial charge is 0.253 e. The summed E-state index contributed by atoms with van der Waals surface area (Å²) >= 11 is 5.99. The van der Waals surface area contributed by atoms with Gasteiger partial charge < -0.3 is 10.6 Å². The molecule has 2 aromatic rings. The largest absolute Gasteiger partial charge is 0.350 e. The van der Waals surface area contributed by atoms with E-state index in [9.17, 15) is 9.59 Å². The van der Waals surface area contributed by atoms with Crippen molar-refractivity contribution in [2.45, 2.75) is 39.8 Å². The maximum atomic E-state index is 12.2. The van der Waals surface area contributed by atoms with Crippen LogP contribution in [0.15, 0.2) is 30.6 Å². The monoisotopic (exact) mass is 348 g/mol. The van der Waals surface area contributed by atoms with Gasteiger partial charge in [0, 0.05) is 30.2 Å². The van der Waals surface area contributed by atoms with Gasteiger partial charge in [0.15, 0.2) is 0 Å². The number of halogens is 1. The zero-order chi connectivity index (χ0) is 17.7. The highest BCUT2D eigenvalue weighted by atomic mass is 35.5. The third-order valence-corrected chi connectivity index (χ3v) is 3.49. The summed E-state index contributed by atoms with van der Waals surface area (Å²) in [5.74, 6) is -0.455. The van der Waals surface area contributed by atoms with Gasteiger partial charge in [-0.05, 0) is 44.5 Å². The molecule has 0 saturated heterocycles. The van der Waals surface area contributed by atoms with E-state index in [1.807, 2.05) is 27.0 Å². The first-order valence-corrected chi connectivity index (χ1v) is 8.12. The van der Waals surface area contributed by atoms with Crippen LogP contribution in [0.3, 0.4) is 0 Å². The maximum absolute atomic E-state index is 12.2. The molecule has 6 nitrogen and oxygen atoms in total. The summed E-state index contributed by atoms with van der Waals surface area (Å²) in [6.07, 6.45) is 3.86. The first-order valence-electron chi connectivity index (χ1n) is 7.74. The molecule has 0 bridgehead atoms. The molecular formula is C17H21ClN4O2. The molecule has 2 N–H and O–H groups in total. The topological polar surface area (TPSA) is 76.0 Å². The van der Waals surface area contributed by atoms with E-state index in [2.05, 4.69) is 15.7 Å². The van der Waals surface area contributed by atoms with E-state index in [0.29, 0.717) is 22.8 Å². The summed E-state index contributed by atoms with van der Waals surface area (Å²) in [5, 5.41) is 10.2. The number of aromatic nitrogens is 2. The van der Waals surface area contributed by atoms with Crippen molar-refractivity contribution in [3.63, 3.8) is 0 Å². The highest BCUT2D eigenvalue weighted by Crippen LogP contribution is 2.21. The molecule has 2 rings (SSSR count). The molecular weight excluding hydrogens is 328 g/mol. The number of rotatable bonds is 6. The molecule has 1 aromatic carbocycles. The van der Waals surface area contributed by atoms with E-state index in [-0.39, 0.29) is 24.3 Å². The van der Waals surface area contributed by atoms with Gasteiger partial charge in [0.2, 0.25) is 5.91 Å². The Morgan fingerprint density at radius 1 is 1.33 bits per heavy atom. The molecule has 0 spiro atoms. The van der Waals surface area contributed by atoms with Crippen LogP contribution in [0.5, 0.6) is 0 Å². The molecule has 1 heterocycles. The lowest BCUT2D eigenvalue weighted by molar-refractivity contribution is -0.116. The number of benzene rings is 1. The number of amides is 2. The van der Waals surface area contributed by atoms with Crippen molar-refractivity contribution in [3.8, 4) is 0 Å². The fraction of sp³-hybridized carbons (Fsp3) is 0.353. The minimum absolute atomic E-state index is 0.000199. The van der Waals surface area contributed by atoms with Gasteiger partial charge in [-0.3, -0.25) is 14.3 Å². The molecule has 0 aliphatic heterocycles. The van der Waals surface area contributed by atoms with Crippen molar-refractivity contribution in [2.24, 2.45) is 0 Å². The van der Waals surface area contributed by atoms with E-state index in [4.69, 9.17) is 11.6 Å². The van der Waals surface area contributed by atoms with Crippen molar-refractivity contribution in [1.29, 1.82) is 0 Å². The summed E-state index contributed by atoms with van der Waals surface area (Å²) in [6.45, 7) is 6.15. The van der Waals surface area contributed by atoms with Gasteiger partial charge in [-0.2, -0.15) is 5.10 Å². The lowest BCUT2D eigenvalue weighted by atomic mass is 10.1. The van der Waals surface area contributed by atoms with Crippen LogP contribution < -0.4 is 10.6 Å². The van der Waals surface area contributed by atoms with Crippen molar-refractivity contribution in [1.82, 2.24) is 15.1 Å². The molecule has 0 aliphatic carbocycles. The number of carbonyl (C=O) groups is 2. The lowest BCUT2D eigenvalue weighted by Gasteiger charge is -2.13. The number of aryl methyl sites for hydroxylation is 2. The number of hydrogen-bond acceptors (Lipinski definition) is 3. The zero-order valence-corrected chi connectivity index (χ0v) is 14.7. The van der Waals surface area contributed by atoms with Gasteiger partial charge >= 0.3 is 0 Å². The minimum atomic E-state index is -0.250. The predicted octanol–water partition coefficient (Wildman–Crippen LogP) is 3.01. The van der Waals surface area contributed by atoms with Crippen LogP contribution in [0.25, 0.3) is 0 Å². The van der Waals surface area contributed by atoms with Crippen LogP contribution in [-0.4, -0.2) is 27.6 Å². The van der Waals surface area contributed by atoms with E-state index in [1.165, 1.54) is 0 Å². The van der Waals surface area contributed by atoms with Crippen molar-refractivity contribution in [2.75, 3.05) is 5.32 Å². The van der Waals surface area contributed by atoms with Gasteiger partial charge in [0.1, 0.15) is 0 Å². The average Bonchev–Trinajstić information content (AvgIpc) is 2.90. The first kappa shape index (κ1) is 18.0. The summed E-state index contributed by atoms with van der Waals surface area (Å²) in [6, 6.07) is 4.80. The Bertz CT molecular complexity index is 740. The second kappa shape index (κ2) is 7.97. The van der Waals surface area contributed by atoms with Crippen LogP contribution in [0, 0.1) is 6.92 Å². The minimum Gasteiger partial charge on any atom is -0.350 e. The molecule has 0 unspecified atom stereocenters. The Morgan fingerprint density at radius 2 is 2.08 bits per heavy atom. The molecule has 2 amide bonds. The van der Waals surface area contributed by atoms with E-state index in [1.54, 1.807) is 29.1 Å². The highest BCUT2D eigenvalue weighted by molar-refractivity contribution is 6.31. The van der Waals surface area contributed by atoms with Gasteiger partial charge in [-0.15, -0.1) is 0 Å². The molecule has 0 saturated carbocycles. The number of nitrogens with one attached hydrogen (secondary N) is 2. The van der Waals surface area contributed by atoms with E-state index >= 15 is 0 Å². The Hall–Kier alpha value is -2.34. The summed E-state index contributed by atoms with van der Waals surface area (Å²) < 4.78 is 1.71. The van der Waals surface area contributed by atoms with Gasteiger partial charge in [0.25, 0.3) is 5.91 Å². The molecule has 7 heteroatoms. The Morgan fingerprint density at radius 3 is 2.71 bits per heavy atom. The Kier molecular flexibility index (Phi) is 5.98. The van der Waals surface area contributed by atoms with Crippen LogP contribution in [0.4, 0.5) is 5.69 Å². The highest BCUT2D eigenvalue weighted by Gasteiger charge is 2.15. The summed E-state index contributed by atoms with van der Waals surface area (Å²) in [7, 11) is 0. The van der Waals surface area contributed by atoms with Crippen LogP contribution in [0.2, 0.25) is 5.02 Å². The second-order valence-corrected chi connectivity index (χ2v) is 6.33. The van der Waals surface area contributed by atoms with E-state index < -0.39 is 0 Å². The molecule has 24 heavy (non-hydrogen) atoms.